The zero-order valence-corrected chi connectivity index (χ0v) is 17.3. The van der Waals surface area contributed by atoms with Gasteiger partial charge in [-0.1, -0.05) is 24.3 Å². The Balaban J connectivity index is 1.88. The van der Waals surface area contributed by atoms with E-state index >= 15 is 0 Å². The molecular weight excluding hydrogens is 423 g/mol. The predicted molar refractivity (Wildman–Crippen MR) is 113 cm³/mol. The van der Waals surface area contributed by atoms with Crippen LogP contribution < -0.4 is 15.2 Å². The van der Waals surface area contributed by atoms with Crippen LogP contribution in [0.25, 0.3) is 11.1 Å². The molecule has 2 heterocycles. The standard InChI is InChI=1S/C23H20F3N3O3/c1-30-18-9-15(11-28-12-18)14-4-3-5-16(8-14)22(13-32-21(27)29-22)17-6-7-20(31-2)19(10-17)23(24,25)26/h3-12H,13H2,1-2H3,(H2,27,29). The molecule has 1 aliphatic heterocycles. The minimum absolute atomic E-state index is 0.0394. The number of rotatable bonds is 5. The quantitative estimate of drug-likeness (QED) is 0.634. The first-order chi connectivity index (χ1) is 15.3. The van der Waals surface area contributed by atoms with E-state index in [1.807, 2.05) is 18.2 Å². The van der Waals surface area contributed by atoms with Gasteiger partial charge in [0.25, 0.3) is 6.02 Å². The molecule has 0 radical (unpaired) electrons. The molecule has 0 bridgehead atoms. The van der Waals surface area contributed by atoms with E-state index < -0.39 is 17.3 Å². The van der Waals surface area contributed by atoms with E-state index in [1.165, 1.54) is 13.2 Å². The Morgan fingerprint density at radius 1 is 0.969 bits per heavy atom. The van der Waals surface area contributed by atoms with Crippen molar-refractivity contribution in [1.29, 1.82) is 0 Å². The van der Waals surface area contributed by atoms with E-state index in [1.54, 1.807) is 37.7 Å². The third-order valence-electron chi connectivity index (χ3n) is 5.33. The van der Waals surface area contributed by atoms with Gasteiger partial charge in [0.05, 0.1) is 26.0 Å². The molecule has 0 fully saturated rings. The van der Waals surface area contributed by atoms with Crippen LogP contribution >= 0.6 is 0 Å². The molecule has 2 aromatic carbocycles. The molecule has 2 N–H and O–H groups in total. The van der Waals surface area contributed by atoms with Gasteiger partial charge in [-0.05, 0) is 41.0 Å². The third kappa shape index (κ3) is 3.81. The lowest BCUT2D eigenvalue weighted by molar-refractivity contribution is -0.138. The van der Waals surface area contributed by atoms with Crippen LogP contribution in [0.1, 0.15) is 16.7 Å². The molecule has 1 unspecified atom stereocenters. The van der Waals surface area contributed by atoms with Crippen LogP contribution in [0.4, 0.5) is 13.2 Å². The Kier molecular flexibility index (Phi) is 5.41. The van der Waals surface area contributed by atoms with Gasteiger partial charge >= 0.3 is 6.18 Å². The van der Waals surface area contributed by atoms with Crippen LogP contribution in [-0.4, -0.2) is 31.8 Å². The van der Waals surface area contributed by atoms with Crippen molar-refractivity contribution < 1.29 is 27.4 Å². The molecule has 32 heavy (non-hydrogen) atoms. The zero-order valence-electron chi connectivity index (χ0n) is 17.3. The summed E-state index contributed by atoms with van der Waals surface area (Å²) >= 11 is 0. The Hall–Kier alpha value is -3.75. The highest BCUT2D eigenvalue weighted by atomic mass is 19.4. The molecule has 6 nitrogen and oxygen atoms in total. The zero-order chi connectivity index (χ0) is 22.9. The molecule has 1 aliphatic rings. The van der Waals surface area contributed by atoms with E-state index in [-0.39, 0.29) is 23.9 Å². The molecular formula is C23H20F3N3O3. The maximum Gasteiger partial charge on any atom is 0.419 e. The number of aromatic nitrogens is 1. The van der Waals surface area contributed by atoms with Crippen molar-refractivity contribution in [1.82, 2.24) is 4.98 Å². The molecule has 166 valence electrons. The lowest BCUT2D eigenvalue weighted by Gasteiger charge is -2.27. The Bertz CT molecular complexity index is 1180. The molecule has 3 aromatic rings. The van der Waals surface area contributed by atoms with Gasteiger partial charge in [-0.15, -0.1) is 0 Å². The number of amidine groups is 1. The van der Waals surface area contributed by atoms with Crippen molar-refractivity contribution >= 4 is 6.02 Å². The van der Waals surface area contributed by atoms with Gasteiger partial charge in [-0.25, -0.2) is 4.99 Å². The van der Waals surface area contributed by atoms with Crippen molar-refractivity contribution in [2.45, 2.75) is 11.7 Å². The number of hydrogen-bond acceptors (Lipinski definition) is 6. The fourth-order valence-electron chi connectivity index (χ4n) is 3.72. The summed E-state index contributed by atoms with van der Waals surface area (Å²) in [6.45, 7) is -0.0394. The first-order valence-electron chi connectivity index (χ1n) is 9.60. The lowest BCUT2D eigenvalue weighted by Crippen LogP contribution is -2.28. The van der Waals surface area contributed by atoms with Crippen LogP contribution in [0, 0.1) is 0 Å². The van der Waals surface area contributed by atoms with Crippen LogP contribution in [-0.2, 0) is 16.5 Å². The minimum atomic E-state index is -4.61. The molecule has 9 heteroatoms. The molecule has 0 aliphatic carbocycles. The van der Waals surface area contributed by atoms with Crippen molar-refractivity contribution in [2.75, 3.05) is 20.8 Å². The number of nitrogens with two attached hydrogens (primary N) is 1. The molecule has 1 atom stereocenters. The maximum absolute atomic E-state index is 13.7. The van der Waals surface area contributed by atoms with Gasteiger partial charge in [0, 0.05) is 11.8 Å². The van der Waals surface area contributed by atoms with Gasteiger partial charge < -0.3 is 19.9 Å². The van der Waals surface area contributed by atoms with Gasteiger partial charge in [0.1, 0.15) is 18.1 Å². The van der Waals surface area contributed by atoms with Gasteiger partial charge in [0.2, 0.25) is 0 Å². The summed E-state index contributed by atoms with van der Waals surface area (Å²) in [7, 11) is 2.74. The number of benzene rings is 2. The van der Waals surface area contributed by atoms with Crippen LogP contribution in [0.5, 0.6) is 11.5 Å². The summed E-state index contributed by atoms with van der Waals surface area (Å²) in [6.07, 6.45) is -1.35. The fraction of sp³-hybridized carbons (Fsp3) is 0.217. The third-order valence-corrected chi connectivity index (χ3v) is 5.33. The molecule has 0 amide bonds. The molecule has 0 saturated heterocycles. The average Bonchev–Trinajstić information content (AvgIpc) is 3.21. The first kappa shape index (κ1) is 21.5. The lowest BCUT2D eigenvalue weighted by atomic mass is 9.82. The number of aliphatic imine (C=N–C) groups is 1. The van der Waals surface area contributed by atoms with Crippen LogP contribution in [0.15, 0.2) is 65.9 Å². The largest absolute Gasteiger partial charge is 0.496 e. The van der Waals surface area contributed by atoms with Gasteiger partial charge in [0.15, 0.2) is 5.54 Å². The average molecular weight is 443 g/mol. The predicted octanol–water partition coefficient (Wildman–Crippen LogP) is 4.37. The maximum atomic E-state index is 13.7. The Labute approximate surface area is 182 Å². The van der Waals surface area contributed by atoms with Crippen molar-refractivity contribution in [3.05, 3.63) is 77.6 Å². The second-order valence-corrected chi connectivity index (χ2v) is 7.21. The summed E-state index contributed by atoms with van der Waals surface area (Å²) in [5.74, 6) is 0.308. The van der Waals surface area contributed by atoms with Crippen molar-refractivity contribution in [3.8, 4) is 22.6 Å². The topological polar surface area (TPSA) is 79.0 Å². The van der Waals surface area contributed by atoms with Crippen molar-refractivity contribution in [2.24, 2.45) is 10.7 Å². The highest BCUT2D eigenvalue weighted by Crippen LogP contribution is 2.43. The van der Waals surface area contributed by atoms with Crippen LogP contribution in [0.3, 0.4) is 0 Å². The van der Waals surface area contributed by atoms with E-state index in [4.69, 9.17) is 19.9 Å². The second-order valence-electron chi connectivity index (χ2n) is 7.21. The highest BCUT2D eigenvalue weighted by Gasteiger charge is 2.43. The summed E-state index contributed by atoms with van der Waals surface area (Å²) in [6, 6.07) is 12.8. The smallest absolute Gasteiger partial charge is 0.419 e. The number of alkyl halides is 3. The van der Waals surface area contributed by atoms with E-state index in [9.17, 15) is 13.2 Å². The monoisotopic (exact) mass is 443 g/mol. The number of methoxy groups -OCH3 is 2. The second kappa shape index (κ2) is 8.07. The van der Waals surface area contributed by atoms with Gasteiger partial charge in [-0.3, -0.25) is 4.98 Å². The van der Waals surface area contributed by atoms with E-state index in [2.05, 4.69) is 9.98 Å². The number of halogens is 3. The fourth-order valence-corrected chi connectivity index (χ4v) is 3.72. The van der Waals surface area contributed by atoms with Crippen LogP contribution in [0.2, 0.25) is 0 Å². The van der Waals surface area contributed by atoms with E-state index in [0.29, 0.717) is 11.3 Å². The molecule has 1 aromatic heterocycles. The SMILES string of the molecule is COc1cncc(-c2cccc(C3(c4ccc(OC)c(C(F)(F)F)c4)COC(N)=N3)c2)c1. The highest BCUT2D eigenvalue weighted by molar-refractivity contribution is 5.76. The Morgan fingerprint density at radius 3 is 2.41 bits per heavy atom. The Morgan fingerprint density at radius 2 is 1.75 bits per heavy atom. The summed E-state index contributed by atoms with van der Waals surface area (Å²) < 4.78 is 56.6. The van der Waals surface area contributed by atoms with Crippen molar-refractivity contribution in [3.63, 3.8) is 0 Å². The van der Waals surface area contributed by atoms with Gasteiger partial charge in [-0.2, -0.15) is 13.2 Å². The number of pyridine rings is 1. The summed E-state index contributed by atoms with van der Waals surface area (Å²) in [4.78, 5) is 8.60. The number of nitrogens with zero attached hydrogens (tertiary/aromatic N) is 2. The minimum Gasteiger partial charge on any atom is -0.496 e. The number of ether oxygens (including phenoxy) is 3. The molecule has 0 spiro atoms. The van der Waals surface area contributed by atoms with E-state index in [0.717, 1.165) is 17.2 Å². The molecule has 4 rings (SSSR count). The normalized spacial score (nSPS) is 18.1. The summed E-state index contributed by atoms with van der Waals surface area (Å²) in [5.41, 5.74) is 6.13. The first-order valence-corrected chi connectivity index (χ1v) is 9.60. The summed E-state index contributed by atoms with van der Waals surface area (Å²) in [5, 5.41) is 0. The number of hydrogen-bond donors (Lipinski definition) is 1. The molecule has 0 saturated carbocycles.